The molecule has 0 spiro atoms. The molecular formula is C14H20N2O2. The van der Waals surface area contributed by atoms with Crippen LogP contribution in [0.4, 0.5) is 0 Å². The predicted octanol–water partition coefficient (Wildman–Crippen LogP) is 1.45. The lowest BCUT2D eigenvalue weighted by Gasteiger charge is -2.25. The second kappa shape index (κ2) is 5.98. The second-order valence-electron chi connectivity index (χ2n) is 4.93. The topological polar surface area (TPSA) is 66.6 Å². The van der Waals surface area contributed by atoms with Crippen LogP contribution in [0, 0.1) is 0 Å². The van der Waals surface area contributed by atoms with E-state index in [1.165, 1.54) is 5.56 Å². The minimum absolute atomic E-state index is 0.302. The van der Waals surface area contributed by atoms with Crippen molar-refractivity contribution < 1.29 is 9.90 Å². The van der Waals surface area contributed by atoms with E-state index in [1.54, 1.807) is 0 Å². The Kier molecular flexibility index (Phi) is 4.33. The molecule has 2 rings (SSSR count). The first kappa shape index (κ1) is 13.1. The summed E-state index contributed by atoms with van der Waals surface area (Å²) in [5.41, 5.74) is 6.90. The van der Waals surface area contributed by atoms with Crippen molar-refractivity contribution in [3.63, 3.8) is 0 Å². The summed E-state index contributed by atoms with van der Waals surface area (Å²) in [4.78, 5) is 13.2. The van der Waals surface area contributed by atoms with Gasteiger partial charge in [-0.25, -0.2) is 0 Å². The first-order valence-electron chi connectivity index (χ1n) is 6.43. The van der Waals surface area contributed by atoms with Crippen LogP contribution < -0.4 is 5.73 Å². The largest absolute Gasteiger partial charge is 0.480 e. The number of carboxylic acids is 1. The molecule has 2 atom stereocenters. The summed E-state index contributed by atoms with van der Waals surface area (Å²) in [7, 11) is 0. The number of aliphatic carboxylic acids is 1. The van der Waals surface area contributed by atoms with Crippen LogP contribution in [0.25, 0.3) is 0 Å². The quantitative estimate of drug-likeness (QED) is 0.827. The molecule has 0 amide bonds. The number of hydrogen-bond acceptors (Lipinski definition) is 3. The first-order valence-corrected chi connectivity index (χ1v) is 6.43. The number of nitrogens with two attached hydrogens (primary N) is 1. The van der Waals surface area contributed by atoms with E-state index >= 15 is 0 Å². The van der Waals surface area contributed by atoms with Crippen molar-refractivity contribution in [2.45, 2.75) is 37.9 Å². The van der Waals surface area contributed by atoms with E-state index in [4.69, 9.17) is 10.8 Å². The van der Waals surface area contributed by atoms with Crippen LogP contribution in [0.2, 0.25) is 0 Å². The summed E-state index contributed by atoms with van der Waals surface area (Å²) in [6.45, 7) is 1.92. The van der Waals surface area contributed by atoms with Gasteiger partial charge in [0, 0.05) is 12.6 Å². The molecule has 0 aliphatic carbocycles. The van der Waals surface area contributed by atoms with Gasteiger partial charge >= 0.3 is 5.97 Å². The third-order valence-corrected chi connectivity index (χ3v) is 3.57. The summed E-state index contributed by atoms with van der Waals surface area (Å²) in [5.74, 6) is -0.901. The molecule has 1 saturated heterocycles. The van der Waals surface area contributed by atoms with E-state index in [0.717, 1.165) is 25.9 Å². The number of carbonyl (C=O) groups is 1. The molecule has 1 aliphatic rings. The van der Waals surface area contributed by atoms with Gasteiger partial charge in [0.05, 0.1) is 0 Å². The fourth-order valence-electron chi connectivity index (χ4n) is 2.58. The van der Waals surface area contributed by atoms with Gasteiger partial charge in [0.15, 0.2) is 0 Å². The van der Waals surface area contributed by atoms with Crippen molar-refractivity contribution in [3.8, 4) is 0 Å². The molecule has 1 aromatic rings. The minimum atomic E-state index is -0.901. The Morgan fingerprint density at radius 3 is 2.83 bits per heavy atom. The number of rotatable bonds is 5. The Bertz CT molecular complexity index is 394. The summed E-state index contributed by atoms with van der Waals surface area (Å²) >= 11 is 0. The zero-order chi connectivity index (χ0) is 13.0. The molecule has 18 heavy (non-hydrogen) atoms. The van der Waals surface area contributed by atoms with Crippen LogP contribution in [-0.4, -0.2) is 34.6 Å². The maximum atomic E-state index is 10.8. The SMILES string of the molecule is NC(CC1CCCN1Cc1ccccc1)C(=O)O. The van der Waals surface area contributed by atoms with Gasteiger partial charge in [0.1, 0.15) is 6.04 Å². The normalized spacial score (nSPS) is 21.9. The Morgan fingerprint density at radius 1 is 1.44 bits per heavy atom. The molecule has 4 heteroatoms. The molecule has 4 nitrogen and oxygen atoms in total. The standard InChI is InChI=1S/C14H20N2O2/c15-13(14(17)18)9-12-7-4-8-16(12)10-11-5-2-1-3-6-11/h1-3,5-6,12-13H,4,7-10,15H2,(H,17,18). The number of carboxylic acid groups (broad SMARTS) is 1. The average molecular weight is 248 g/mol. The number of hydrogen-bond donors (Lipinski definition) is 2. The molecular weight excluding hydrogens is 228 g/mol. The number of benzene rings is 1. The van der Waals surface area contributed by atoms with E-state index in [0.29, 0.717) is 12.5 Å². The number of nitrogens with zero attached hydrogens (tertiary/aromatic N) is 1. The highest BCUT2D eigenvalue weighted by Crippen LogP contribution is 2.23. The van der Waals surface area contributed by atoms with Crippen molar-refractivity contribution >= 4 is 5.97 Å². The van der Waals surface area contributed by atoms with Crippen molar-refractivity contribution in [2.24, 2.45) is 5.73 Å². The average Bonchev–Trinajstić information content (AvgIpc) is 2.78. The fraction of sp³-hybridized carbons (Fsp3) is 0.500. The zero-order valence-electron chi connectivity index (χ0n) is 10.5. The van der Waals surface area contributed by atoms with Crippen molar-refractivity contribution in [1.82, 2.24) is 4.90 Å². The van der Waals surface area contributed by atoms with Gasteiger partial charge in [-0.3, -0.25) is 9.69 Å². The molecule has 1 aliphatic heterocycles. The predicted molar refractivity (Wildman–Crippen MR) is 70.1 cm³/mol. The van der Waals surface area contributed by atoms with E-state index in [2.05, 4.69) is 17.0 Å². The molecule has 1 heterocycles. The minimum Gasteiger partial charge on any atom is -0.480 e. The molecule has 98 valence electrons. The van der Waals surface area contributed by atoms with Gasteiger partial charge in [-0.05, 0) is 31.4 Å². The van der Waals surface area contributed by atoms with E-state index in [1.807, 2.05) is 18.2 Å². The summed E-state index contributed by atoms with van der Waals surface area (Å²) < 4.78 is 0. The smallest absolute Gasteiger partial charge is 0.320 e. The van der Waals surface area contributed by atoms with Crippen LogP contribution >= 0.6 is 0 Å². The van der Waals surface area contributed by atoms with Gasteiger partial charge in [-0.15, -0.1) is 0 Å². The summed E-state index contributed by atoms with van der Waals surface area (Å²) in [5, 5.41) is 8.87. The molecule has 1 fully saturated rings. The molecule has 2 unspecified atom stereocenters. The Labute approximate surface area is 107 Å². The highest BCUT2D eigenvalue weighted by molar-refractivity contribution is 5.73. The molecule has 0 aromatic heterocycles. The molecule has 0 radical (unpaired) electrons. The Morgan fingerprint density at radius 2 is 2.17 bits per heavy atom. The Hall–Kier alpha value is -1.39. The third kappa shape index (κ3) is 3.31. The van der Waals surface area contributed by atoms with Crippen LogP contribution in [-0.2, 0) is 11.3 Å². The molecule has 3 N–H and O–H groups in total. The lowest BCUT2D eigenvalue weighted by Crippen LogP contribution is -2.39. The summed E-state index contributed by atoms with van der Waals surface area (Å²) in [6, 6.07) is 9.83. The first-order chi connectivity index (χ1) is 8.66. The fourth-order valence-corrected chi connectivity index (χ4v) is 2.58. The van der Waals surface area contributed by atoms with Crippen LogP contribution in [0.3, 0.4) is 0 Å². The van der Waals surface area contributed by atoms with Gasteiger partial charge in [-0.2, -0.15) is 0 Å². The molecule has 1 aromatic carbocycles. The lowest BCUT2D eigenvalue weighted by molar-refractivity contribution is -0.139. The van der Waals surface area contributed by atoms with Crippen molar-refractivity contribution in [2.75, 3.05) is 6.54 Å². The van der Waals surface area contributed by atoms with E-state index < -0.39 is 12.0 Å². The maximum absolute atomic E-state index is 10.8. The monoisotopic (exact) mass is 248 g/mol. The third-order valence-electron chi connectivity index (χ3n) is 3.57. The second-order valence-corrected chi connectivity index (χ2v) is 4.93. The van der Waals surface area contributed by atoms with Gasteiger partial charge in [0.2, 0.25) is 0 Å². The molecule has 0 saturated carbocycles. The highest BCUT2D eigenvalue weighted by atomic mass is 16.4. The van der Waals surface area contributed by atoms with Crippen LogP contribution in [0.15, 0.2) is 30.3 Å². The van der Waals surface area contributed by atoms with Gasteiger partial charge in [0.25, 0.3) is 0 Å². The number of likely N-dealkylation sites (tertiary alicyclic amines) is 1. The van der Waals surface area contributed by atoms with Crippen LogP contribution in [0.5, 0.6) is 0 Å². The molecule has 0 bridgehead atoms. The van der Waals surface area contributed by atoms with Gasteiger partial charge in [-0.1, -0.05) is 30.3 Å². The lowest BCUT2D eigenvalue weighted by atomic mass is 10.1. The van der Waals surface area contributed by atoms with E-state index in [-0.39, 0.29) is 0 Å². The Balaban J connectivity index is 1.93. The van der Waals surface area contributed by atoms with Crippen molar-refractivity contribution in [1.29, 1.82) is 0 Å². The van der Waals surface area contributed by atoms with Crippen LogP contribution in [0.1, 0.15) is 24.8 Å². The van der Waals surface area contributed by atoms with Crippen molar-refractivity contribution in [3.05, 3.63) is 35.9 Å². The van der Waals surface area contributed by atoms with Gasteiger partial charge < -0.3 is 10.8 Å². The summed E-state index contributed by atoms with van der Waals surface area (Å²) in [6.07, 6.45) is 2.72. The maximum Gasteiger partial charge on any atom is 0.320 e. The van der Waals surface area contributed by atoms with E-state index in [9.17, 15) is 4.79 Å². The zero-order valence-corrected chi connectivity index (χ0v) is 10.5. The highest BCUT2D eigenvalue weighted by Gasteiger charge is 2.28.